The highest BCUT2D eigenvalue weighted by Crippen LogP contribution is 2.28. The molecule has 27 heavy (non-hydrogen) atoms. The Morgan fingerprint density at radius 2 is 1.89 bits per heavy atom. The van der Waals surface area contributed by atoms with Crippen molar-refractivity contribution in [2.24, 2.45) is 0 Å². The molecular weight excluding hydrogens is 456 g/mol. The van der Waals surface area contributed by atoms with Crippen molar-refractivity contribution in [3.63, 3.8) is 0 Å². The smallest absolute Gasteiger partial charge is 0.243 e. The SMILES string of the molecule is CCN(CC(=O)NCc1ccc(Cl)cc1)S(=O)(=O)c1ccc(OC)c(Br)c1. The topological polar surface area (TPSA) is 75.7 Å². The predicted octanol–water partition coefficient (Wildman–Crippen LogP) is 3.44. The lowest BCUT2D eigenvalue weighted by atomic mass is 10.2. The number of amides is 1. The third-order valence-electron chi connectivity index (χ3n) is 3.84. The van der Waals surface area contributed by atoms with Crippen LogP contribution in [0.25, 0.3) is 0 Å². The first kappa shape index (κ1) is 21.7. The molecule has 1 amide bonds. The van der Waals surface area contributed by atoms with Gasteiger partial charge in [0.05, 0.1) is 23.0 Å². The van der Waals surface area contributed by atoms with E-state index in [9.17, 15) is 13.2 Å². The highest BCUT2D eigenvalue weighted by Gasteiger charge is 2.26. The summed E-state index contributed by atoms with van der Waals surface area (Å²) in [4.78, 5) is 12.3. The number of carbonyl (C=O) groups is 1. The van der Waals surface area contributed by atoms with Crippen molar-refractivity contribution in [2.75, 3.05) is 20.2 Å². The number of hydrogen-bond donors (Lipinski definition) is 1. The lowest BCUT2D eigenvalue weighted by molar-refractivity contribution is -0.121. The van der Waals surface area contributed by atoms with E-state index in [0.717, 1.165) is 9.87 Å². The van der Waals surface area contributed by atoms with Crippen LogP contribution in [0.2, 0.25) is 5.02 Å². The summed E-state index contributed by atoms with van der Waals surface area (Å²) in [5.41, 5.74) is 0.873. The van der Waals surface area contributed by atoms with E-state index < -0.39 is 10.0 Å². The van der Waals surface area contributed by atoms with Gasteiger partial charge in [0.25, 0.3) is 0 Å². The molecule has 1 N–H and O–H groups in total. The Labute approximate surface area is 172 Å². The van der Waals surface area contributed by atoms with Crippen molar-refractivity contribution in [1.29, 1.82) is 0 Å². The Bertz CT molecular complexity index is 904. The number of nitrogens with one attached hydrogen (secondary N) is 1. The third-order valence-corrected chi connectivity index (χ3v) is 6.63. The van der Waals surface area contributed by atoms with E-state index in [1.54, 1.807) is 37.3 Å². The van der Waals surface area contributed by atoms with Gasteiger partial charge in [0.15, 0.2) is 0 Å². The molecule has 0 aliphatic heterocycles. The first-order chi connectivity index (χ1) is 12.8. The van der Waals surface area contributed by atoms with Crippen molar-refractivity contribution in [2.45, 2.75) is 18.4 Å². The van der Waals surface area contributed by atoms with Gasteiger partial charge in [-0.15, -0.1) is 0 Å². The molecule has 2 aromatic carbocycles. The highest BCUT2D eigenvalue weighted by atomic mass is 79.9. The molecule has 0 aliphatic carbocycles. The van der Waals surface area contributed by atoms with Crippen LogP contribution in [0.4, 0.5) is 0 Å². The molecule has 0 fully saturated rings. The molecule has 0 saturated carbocycles. The zero-order valence-corrected chi connectivity index (χ0v) is 18.1. The number of halogens is 2. The number of rotatable bonds is 8. The number of sulfonamides is 1. The Hall–Kier alpha value is -1.61. The van der Waals surface area contributed by atoms with Gasteiger partial charge < -0.3 is 10.1 Å². The summed E-state index contributed by atoms with van der Waals surface area (Å²) in [5, 5.41) is 3.33. The average molecular weight is 476 g/mol. The molecule has 0 heterocycles. The van der Waals surface area contributed by atoms with Crippen LogP contribution in [0.1, 0.15) is 12.5 Å². The molecule has 0 radical (unpaired) electrons. The normalized spacial score (nSPS) is 11.4. The van der Waals surface area contributed by atoms with E-state index in [2.05, 4.69) is 21.2 Å². The van der Waals surface area contributed by atoms with Crippen LogP contribution in [0.5, 0.6) is 5.75 Å². The minimum Gasteiger partial charge on any atom is -0.496 e. The van der Waals surface area contributed by atoms with Crippen molar-refractivity contribution >= 4 is 43.5 Å². The number of likely N-dealkylation sites (N-methyl/N-ethyl adjacent to an activating group) is 1. The number of nitrogens with zero attached hydrogens (tertiary/aromatic N) is 1. The van der Waals surface area contributed by atoms with Gasteiger partial charge in [-0.3, -0.25) is 4.79 Å². The van der Waals surface area contributed by atoms with Gasteiger partial charge in [-0.05, 0) is 51.8 Å². The second kappa shape index (κ2) is 9.54. The molecule has 0 atom stereocenters. The monoisotopic (exact) mass is 474 g/mol. The van der Waals surface area contributed by atoms with E-state index in [0.29, 0.717) is 21.8 Å². The second-order valence-electron chi connectivity index (χ2n) is 5.63. The van der Waals surface area contributed by atoms with Crippen LogP contribution < -0.4 is 10.1 Å². The summed E-state index contributed by atoms with van der Waals surface area (Å²) < 4.78 is 32.4. The largest absolute Gasteiger partial charge is 0.496 e. The summed E-state index contributed by atoms with van der Waals surface area (Å²) in [6.07, 6.45) is 0. The lowest BCUT2D eigenvalue weighted by Crippen LogP contribution is -2.40. The number of carbonyl (C=O) groups excluding carboxylic acids is 1. The first-order valence-corrected chi connectivity index (χ1v) is 10.7. The van der Waals surface area contributed by atoms with Crippen LogP contribution in [0.3, 0.4) is 0 Å². The standard InChI is InChI=1S/C18H20BrClN2O4S/c1-3-22(12-18(23)21-11-13-4-6-14(20)7-5-13)27(24,25)15-8-9-17(26-2)16(19)10-15/h4-10H,3,11-12H2,1-2H3,(H,21,23). The zero-order valence-electron chi connectivity index (χ0n) is 14.9. The second-order valence-corrected chi connectivity index (χ2v) is 8.86. The van der Waals surface area contributed by atoms with Gasteiger partial charge in [-0.2, -0.15) is 4.31 Å². The van der Waals surface area contributed by atoms with E-state index >= 15 is 0 Å². The molecule has 9 heteroatoms. The van der Waals surface area contributed by atoms with Gasteiger partial charge in [0, 0.05) is 18.1 Å². The minimum absolute atomic E-state index is 0.0857. The lowest BCUT2D eigenvalue weighted by Gasteiger charge is -2.20. The van der Waals surface area contributed by atoms with E-state index in [1.165, 1.54) is 19.2 Å². The molecular formula is C18H20BrClN2O4S. The maximum Gasteiger partial charge on any atom is 0.243 e. The third kappa shape index (κ3) is 5.68. The Morgan fingerprint density at radius 3 is 2.44 bits per heavy atom. The van der Waals surface area contributed by atoms with Crippen molar-refractivity contribution < 1.29 is 17.9 Å². The molecule has 0 spiro atoms. The molecule has 0 bridgehead atoms. The Kier molecular flexibility index (Phi) is 7.67. The van der Waals surface area contributed by atoms with Gasteiger partial charge >= 0.3 is 0 Å². The fourth-order valence-electron chi connectivity index (χ4n) is 2.34. The van der Waals surface area contributed by atoms with Crippen LogP contribution in [0, 0.1) is 0 Å². The van der Waals surface area contributed by atoms with Crippen molar-refractivity contribution in [1.82, 2.24) is 9.62 Å². The number of ether oxygens (including phenoxy) is 1. The van der Waals surface area contributed by atoms with E-state index in [-0.39, 0.29) is 23.9 Å². The summed E-state index contributed by atoms with van der Waals surface area (Å²) in [6.45, 7) is 1.88. The van der Waals surface area contributed by atoms with Crippen LogP contribution in [-0.2, 0) is 21.4 Å². The summed E-state index contributed by atoms with van der Waals surface area (Å²) in [7, 11) is -2.32. The van der Waals surface area contributed by atoms with Gasteiger partial charge in [-0.25, -0.2) is 8.42 Å². The molecule has 6 nitrogen and oxygen atoms in total. The predicted molar refractivity (Wildman–Crippen MR) is 108 cm³/mol. The fraction of sp³-hybridized carbons (Fsp3) is 0.278. The van der Waals surface area contributed by atoms with Crippen molar-refractivity contribution in [3.8, 4) is 5.75 Å². The average Bonchev–Trinajstić information content (AvgIpc) is 2.65. The number of methoxy groups -OCH3 is 1. The molecule has 0 aliphatic rings. The van der Waals surface area contributed by atoms with Gasteiger partial charge in [0.2, 0.25) is 15.9 Å². The molecule has 2 rings (SSSR count). The van der Waals surface area contributed by atoms with Crippen LogP contribution in [0.15, 0.2) is 51.8 Å². The van der Waals surface area contributed by atoms with Crippen molar-refractivity contribution in [3.05, 3.63) is 57.5 Å². The van der Waals surface area contributed by atoms with Crippen LogP contribution >= 0.6 is 27.5 Å². The maximum atomic E-state index is 12.8. The quantitative estimate of drug-likeness (QED) is 0.635. The van der Waals surface area contributed by atoms with E-state index in [4.69, 9.17) is 16.3 Å². The molecule has 0 saturated heterocycles. The maximum absolute atomic E-state index is 12.8. The molecule has 0 unspecified atom stereocenters. The summed E-state index contributed by atoms with van der Waals surface area (Å²) in [5.74, 6) is 0.139. The summed E-state index contributed by atoms with van der Waals surface area (Å²) in [6, 6.07) is 11.5. The minimum atomic E-state index is -3.81. The molecule has 0 aromatic heterocycles. The molecule has 2 aromatic rings. The fourth-order valence-corrected chi connectivity index (χ4v) is 4.59. The molecule has 146 valence electrons. The zero-order chi connectivity index (χ0) is 20.0. The Balaban J connectivity index is 2.07. The summed E-state index contributed by atoms with van der Waals surface area (Å²) >= 11 is 9.11. The van der Waals surface area contributed by atoms with Gasteiger partial charge in [-0.1, -0.05) is 30.7 Å². The van der Waals surface area contributed by atoms with E-state index in [1.807, 2.05) is 0 Å². The van der Waals surface area contributed by atoms with Crippen LogP contribution in [-0.4, -0.2) is 38.8 Å². The number of hydrogen-bond acceptors (Lipinski definition) is 4. The highest BCUT2D eigenvalue weighted by molar-refractivity contribution is 9.10. The first-order valence-electron chi connectivity index (χ1n) is 8.12. The van der Waals surface area contributed by atoms with Gasteiger partial charge in [0.1, 0.15) is 5.75 Å². The number of benzene rings is 2. The Morgan fingerprint density at radius 1 is 1.22 bits per heavy atom.